The summed E-state index contributed by atoms with van der Waals surface area (Å²) >= 11 is 0. The molecule has 0 saturated heterocycles. The van der Waals surface area contributed by atoms with Crippen LogP contribution >= 0.6 is 0 Å². The predicted octanol–water partition coefficient (Wildman–Crippen LogP) is 2.97. The van der Waals surface area contributed by atoms with Crippen LogP contribution in [0.3, 0.4) is 0 Å². The molecule has 0 bridgehead atoms. The van der Waals surface area contributed by atoms with E-state index < -0.39 is 0 Å². The van der Waals surface area contributed by atoms with Crippen LogP contribution in [0.4, 0.5) is 11.4 Å². The van der Waals surface area contributed by atoms with Crippen molar-refractivity contribution in [1.82, 2.24) is 0 Å². The molecular formula is C12H17N3. The number of rotatable bonds is 3. The molecule has 0 aromatic heterocycles. The summed E-state index contributed by atoms with van der Waals surface area (Å²) in [7, 11) is 4.02. The standard InChI is InChI=1S/C12H17N3/c1-10(2)13-9-14-11-5-7-12(8-6-11)15(3)4/h5-8,10H,1-4H3. The lowest BCUT2D eigenvalue weighted by molar-refractivity contribution is 0.842. The zero-order chi connectivity index (χ0) is 11.3. The van der Waals surface area contributed by atoms with Gasteiger partial charge in [-0.2, -0.15) is 4.99 Å². The lowest BCUT2D eigenvalue weighted by Gasteiger charge is -2.11. The Morgan fingerprint density at radius 3 is 2.20 bits per heavy atom. The summed E-state index contributed by atoms with van der Waals surface area (Å²) in [5.74, 6) is 0. The lowest BCUT2D eigenvalue weighted by Crippen LogP contribution is -2.07. The second-order valence-electron chi connectivity index (χ2n) is 3.85. The molecule has 1 aromatic rings. The van der Waals surface area contributed by atoms with Crippen LogP contribution < -0.4 is 4.90 Å². The quantitative estimate of drug-likeness (QED) is 0.694. The van der Waals surface area contributed by atoms with Crippen LogP contribution in [0.1, 0.15) is 13.8 Å². The molecule has 0 amide bonds. The predicted molar refractivity (Wildman–Crippen MR) is 65.4 cm³/mol. The fourth-order valence-electron chi connectivity index (χ4n) is 1.03. The molecule has 80 valence electrons. The summed E-state index contributed by atoms with van der Waals surface area (Å²) in [6, 6.07) is 10.9. The third kappa shape index (κ3) is 3.96. The van der Waals surface area contributed by atoms with Crippen molar-refractivity contribution in [1.29, 1.82) is 0 Å². The van der Waals surface area contributed by atoms with E-state index in [9.17, 15) is 0 Å². The molecule has 0 N–H and O–H groups in total. The fraction of sp³-hybridized carbons (Fsp3) is 0.417. The maximum atomic E-state index is 4.11. The summed E-state index contributed by atoms with van der Waals surface area (Å²) in [5.41, 5.74) is 2.04. The zero-order valence-corrected chi connectivity index (χ0v) is 9.73. The van der Waals surface area contributed by atoms with Crippen molar-refractivity contribution in [2.24, 2.45) is 9.98 Å². The van der Waals surface area contributed by atoms with E-state index in [0.717, 1.165) is 11.4 Å². The minimum absolute atomic E-state index is 0.245. The van der Waals surface area contributed by atoms with Gasteiger partial charge in [0.05, 0.1) is 17.7 Å². The highest BCUT2D eigenvalue weighted by atomic mass is 15.1. The van der Waals surface area contributed by atoms with Gasteiger partial charge in [-0.25, -0.2) is 4.99 Å². The molecule has 15 heavy (non-hydrogen) atoms. The maximum Gasteiger partial charge on any atom is 0.0951 e. The molecule has 0 fully saturated rings. The van der Waals surface area contributed by atoms with E-state index >= 15 is 0 Å². The minimum Gasteiger partial charge on any atom is -0.378 e. The molecule has 0 atom stereocenters. The van der Waals surface area contributed by atoms with Crippen molar-refractivity contribution in [3.05, 3.63) is 24.3 Å². The van der Waals surface area contributed by atoms with Crippen LogP contribution in [0.5, 0.6) is 0 Å². The van der Waals surface area contributed by atoms with E-state index in [-0.39, 0.29) is 6.04 Å². The first kappa shape index (κ1) is 11.5. The average Bonchev–Trinajstić information content (AvgIpc) is 2.18. The number of nitrogens with zero attached hydrogens (tertiary/aromatic N) is 3. The minimum atomic E-state index is 0.245. The maximum absolute atomic E-state index is 4.11. The molecule has 3 heteroatoms. The molecule has 0 aliphatic rings. The number of hydrogen-bond acceptors (Lipinski definition) is 3. The largest absolute Gasteiger partial charge is 0.378 e. The molecule has 1 rings (SSSR count). The molecule has 1 aromatic carbocycles. The van der Waals surface area contributed by atoms with E-state index in [0.29, 0.717) is 0 Å². The highest BCUT2D eigenvalue weighted by Gasteiger charge is 1.93. The van der Waals surface area contributed by atoms with Gasteiger partial charge in [0, 0.05) is 19.8 Å². The molecule has 0 aliphatic carbocycles. The van der Waals surface area contributed by atoms with Crippen molar-refractivity contribution >= 4 is 17.4 Å². The van der Waals surface area contributed by atoms with E-state index in [1.165, 1.54) is 0 Å². The molecule has 0 heterocycles. The molecular weight excluding hydrogens is 186 g/mol. The summed E-state index contributed by atoms with van der Waals surface area (Å²) < 4.78 is 0. The second-order valence-corrected chi connectivity index (χ2v) is 3.85. The smallest absolute Gasteiger partial charge is 0.0951 e. The van der Waals surface area contributed by atoms with Gasteiger partial charge in [-0.15, -0.1) is 0 Å². The Bertz CT molecular complexity index is 357. The summed E-state index contributed by atoms with van der Waals surface area (Å²) in [6.45, 7) is 4.00. The average molecular weight is 203 g/mol. The van der Waals surface area contributed by atoms with Crippen molar-refractivity contribution < 1.29 is 0 Å². The van der Waals surface area contributed by atoms with Crippen LogP contribution in [-0.4, -0.2) is 26.1 Å². The number of anilines is 1. The number of aliphatic imine (C=N–C) groups is 2. The van der Waals surface area contributed by atoms with E-state index in [2.05, 4.69) is 20.9 Å². The van der Waals surface area contributed by atoms with Crippen LogP contribution in [-0.2, 0) is 0 Å². The third-order valence-electron chi connectivity index (χ3n) is 1.86. The molecule has 0 radical (unpaired) electrons. The van der Waals surface area contributed by atoms with Gasteiger partial charge < -0.3 is 4.90 Å². The van der Waals surface area contributed by atoms with Gasteiger partial charge in [0.15, 0.2) is 0 Å². The van der Waals surface area contributed by atoms with E-state index in [4.69, 9.17) is 0 Å². The van der Waals surface area contributed by atoms with Crippen LogP contribution in [0.25, 0.3) is 0 Å². The van der Waals surface area contributed by atoms with Crippen LogP contribution in [0, 0.1) is 0 Å². The number of hydrogen-bond donors (Lipinski definition) is 0. The fourth-order valence-corrected chi connectivity index (χ4v) is 1.03. The first-order valence-electron chi connectivity index (χ1n) is 5.02. The molecule has 3 nitrogen and oxygen atoms in total. The Morgan fingerprint density at radius 1 is 1.13 bits per heavy atom. The van der Waals surface area contributed by atoms with Gasteiger partial charge in [-0.05, 0) is 38.1 Å². The zero-order valence-electron chi connectivity index (χ0n) is 9.73. The molecule has 0 unspecified atom stereocenters. The van der Waals surface area contributed by atoms with Gasteiger partial charge >= 0.3 is 0 Å². The third-order valence-corrected chi connectivity index (χ3v) is 1.86. The summed E-state index contributed by atoms with van der Waals surface area (Å²) in [5, 5.41) is 0. The van der Waals surface area contributed by atoms with Crippen LogP contribution in [0.15, 0.2) is 34.3 Å². The van der Waals surface area contributed by atoms with Crippen molar-refractivity contribution in [2.45, 2.75) is 19.9 Å². The Kier molecular flexibility index (Phi) is 4.07. The Morgan fingerprint density at radius 2 is 1.73 bits per heavy atom. The van der Waals surface area contributed by atoms with Gasteiger partial charge in [-0.3, -0.25) is 0 Å². The molecule has 0 aliphatic heterocycles. The lowest BCUT2D eigenvalue weighted by atomic mass is 10.3. The van der Waals surface area contributed by atoms with Crippen LogP contribution in [0.2, 0.25) is 0 Å². The molecule has 0 saturated carbocycles. The summed E-state index contributed by atoms with van der Waals surface area (Å²) in [4.78, 5) is 10.2. The Balaban J connectivity index is 2.77. The monoisotopic (exact) mass is 203 g/mol. The topological polar surface area (TPSA) is 28.0 Å². The first-order chi connectivity index (χ1) is 7.09. The highest BCUT2D eigenvalue weighted by Crippen LogP contribution is 2.17. The normalized spacial score (nSPS) is 9.67. The van der Waals surface area contributed by atoms with Gasteiger partial charge in [-0.1, -0.05) is 0 Å². The van der Waals surface area contributed by atoms with Gasteiger partial charge in [0.2, 0.25) is 0 Å². The SMILES string of the molecule is CC(C)N=C=Nc1ccc(N(C)C)cc1. The molecule has 0 spiro atoms. The summed E-state index contributed by atoms with van der Waals surface area (Å²) in [6.07, 6.45) is 0. The second kappa shape index (κ2) is 5.32. The van der Waals surface area contributed by atoms with Gasteiger partial charge in [0.1, 0.15) is 0 Å². The number of benzene rings is 1. The Labute approximate surface area is 91.2 Å². The van der Waals surface area contributed by atoms with Crippen molar-refractivity contribution in [3.8, 4) is 0 Å². The first-order valence-corrected chi connectivity index (χ1v) is 5.02. The Hall–Kier alpha value is -1.60. The van der Waals surface area contributed by atoms with E-state index in [1.807, 2.05) is 52.2 Å². The highest BCUT2D eigenvalue weighted by molar-refractivity contribution is 5.57. The van der Waals surface area contributed by atoms with Crippen molar-refractivity contribution in [2.75, 3.05) is 19.0 Å². The van der Waals surface area contributed by atoms with E-state index in [1.54, 1.807) is 0 Å². The van der Waals surface area contributed by atoms with Gasteiger partial charge in [0.25, 0.3) is 0 Å². The van der Waals surface area contributed by atoms with Crippen molar-refractivity contribution in [3.63, 3.8) is 0 Å².